The van der Waals surface area contributed by atoms with Gasteiger partial charge in [-0.05, 0) is 93.1 Å². The van der Waals surface area contributed by atoms with Crippen LogP contribution >= 0.6 is 0 Å². The van der Waals surface area contributed by atoms with E-state index in [9.17, 15) is 36.4 Å². The molecule has 1 saturated heterocycles. The van der Waals surface area contributed by atoms with Crippen molar-refractivity contribution in [1.29, 1.82) is 0 Å². The molecule has 1 aromatic carbocycles. The maximum atomic E-state index is 14.8. The van der Waals surface area contributed by atoms with Crippen molar-refractivity contribution < 1.29 is 50.6 Å². The van der Waals surface area contributed by atoms with Crippen LogP contribution in [0.25, 0.3) is 11.0 Å². The second-order valence-electron chi connectivity index (χ2n) is 18.5. The van der Waals surface area contributed by atoms with Crippen LogP contribution in [-0.4, -0.2) is 102 Å². The summed E-state index contributed by atoms with van der Waals surface area (Å²) in [5.74, 6) is -2.79. The second kappa shape index (κ2) is 15.6. The summed E-state index contributed by atoms with van der Waals surface area (Å²) < 4.78 is 74.0. The van der Waals surface area contributed by atoms with Crippen LogP contribution in [0.15, 0.2) is 18.2 Å². The monoisotopic (exact) mass is 844 g/mol. The Labute approximate surface area is 342 Å². The van der Waals surface area contributed by atoms with Gasteiger partial charge in [0.25, 0.3) is 5.91 Å². The van der Waals surface area contributed by atoms with E-state index < -0.39 is 87.0 Å². The quantitative estimate of drug-likeness (QED) is 0.358. The van der Waals surface area contributed by atoms with Crippen molar-refractivity contribution in [3.8, 4) is 11.6 Å². The number of carbonyl (C=O) groups excluding carboxylic acids is 4. The highest BCUT2D eigenvalue weighted by atomic mass is 32.2. The Hall–Kier alpha value is -4.35. The first-order valence-corrected chi connectivity index (χ1v) is 22.5. The Morgan fingerprint density at radius 1 is 1.00 bits per heavy atom. The maximum absolute atomic E-state index is 14.8. The van der Waals surface area contributed by atoms with Gasteiger partial charge < -0.3 is 29.7 Å². The lowest BCUT2D eigenvalue weighted by Gasteiger charge is -2.36. The standard InChI is InChI=1S/C41H54F2N6O9S/c1-40(2,3)33-37(51)49-20-24(18-31(49)35(50)47-41(19-27(41)34(42)43)38(52)48-59(54,55)25-13-14-25)57-36-29(44-28-15-12-23(56-4)17-30(28)45-36)9-7-5-6-8-26-21-10-11-22(16-21)32(26)58-39(53)46-33/h12,15,17,21-22,24-27,31-34H,5-11,13-14,16,18-20H2,1-4H3,(H,46,53)(H,47,50)(H,48,52)/t21-,22+,24?,26-,27-,31-,32-,33+,41+/m0/s1. The van der Waals surface area contributed by atoms with Gasteiger partial charge in [0.1, 0.15) is 41.3 Å². The summed E-state index contributed by atoms with van der Waals surface area (Å²) in [5.41, 5.74) is -1.38. The molecule has 2 aliphatic heterocycles. The van der Waals surface area contributed by atoms with Gasteiger partial charge in [-0.2, -0.15) is 0 Å². The number of rotatable bonds is 7. The SMILES string of the molecule is COc1ccc2nc3c(nc2c1)OC1C[C@@H](C(=O)N[C@]2(C(=O)NS(=O)(=O)C4CC4)C[C@H]2C(F)F)N(C1)C(=O)[C@H](C(C)(C)C)NC(=O)O[C@H]1[C@@H]2CC[C@@H](C2)[C@@H]1CCCCC3. The Bertz CT molecular complexity index is 2120. The van der Waals surface area contributed by atoms with Crippen LogP contribution < -0.4 is 24.8 Å². The number of aromatic nitrogens is 2. The summed E-state index contributed by atoms with van der Waals surface area (Å²) in [7, 11) is -2.60. The predicted molar refractivity (Wildman–Crippen MR) is 209 cm³/mol. The lowest BCUT2D eigenvalue weighted by Crippen LogP contribution is -2.60. The van der Waals surface area contributed by atoms with Gasteiger partial charge in [-0.15, -0.1) is 0 Å². The number of ether oxygens (including phenoxy) is 3. The molecule has 6 aliphatic rings. The van der Waals surface area contributed by atoms with Crippen molar-refractivity contribution >= 4 is 44.9 Å². The summed E-state index contributed by atoms with van der Waals surface area (Å²) in [6.45, 7) is 5.14. The molecule has 5 fully saturated rings. The number of fused-ring (bicyclic) bond motifs is 9. The number of hydrogen-bond acceptors (Lipinski definition) is 11. The molecule has 4 bridgehead atoms. The molecule has 4 saturated carbocycles. The molecule has 9 atom stereocenters. The van der Waals surface area contributed by atoms with E-state index in [0.717, 1.165) is 44.9 Å². The molecule has 8 rings (SSSR count). The van der Waals surface area contributed by atoms with Gasteiger partial charge >= 0.3 is 6.09 Å². The van der Waals surface area contributed by atoms with Crippen LogP contribution in [0.5, 0.6) is 11.6 Å². The summed E-state index contributed by atoms with van der Waals surface area (Å²) in [4.78, 5) is 67.4. The number of methoxy groups -OCH3 is 1. The lowest BCUT2D eigenvalue weighted by molar-refractivity contribution is -0.143. The highest BCUT2D eigenvalue weighted by molar-refractivity contribution is 7.91. The first kappa shape index (κ1) is 41.4. The number of sulfonamides is 1. The molecule has 0 radical (unpaired) electrons. The minimum Gasteiger partial charge on any atom is -0.497 e. The van der Waals surface area contributed by atoms with Crippen molar-refractivity contribution in [2.45, 2.75) is 139 Å². The maximum Gasteiger partial charge on any atom is 0.408 e. The first-order chi connectivity index (χ1) is 28.0. The third-order valence-corrected chi connectivity index (χ3v) is 15.2. The van der Waals surface area contributed by atoms with Gasteiger partial charge in [0, 0.05) is 12.5 Å². The molecular formula is C41H54F2N6O9S. The van der Waals surface area contributed by atoms with E-state index >= 15 is 0 Å². The predicted octanol–water partition coefficient (Wildman–Crippen LogP) is 4.41. The van der Waals surface area contributed by atoms with E-state index in [4.69, 9.17) is 24.2 Å². The number of amides is 4. The van der Waals surface area contributed by atoms with Crippen molar-refractivity contribution in [2.75, 3.05) is 13.7 Å². The molecule has 4 amide bonds. The van der Waals surface area contributed by atoms with Gasteiger partial charge in [-0.3, -0.25) is 19.1 Å². The van der Waals surface area contributed by atoms with Crippen molar-refractivity contribution in [1.82, 2.24) is 30.2 Å². The van der Waals surface area contributed by atoms with E-state index in [1.165, 1.54) is 12.0 Å². The van der Waals surface area contributed by atoms with E-state index in [2.05, 4.69) is 10.6 Å². The van der Waals surface area contributed by atoms with Crippen LogP contribution in [0.1, 0.15) is 97.1 Å². The molecule has 15 nitrogen and oxygen atoms in total. The Balaban J connectivity index is 1.14. The van der Waals surface area contributed by atoms with Crippen molar-refractivity contribution in [2.24, 2.45) is 29.1 Å². The largest absolute Gasteiger partial charge is 0.497 e. The average molecular weight is 845 g/mol. The Kier molecular flexibility index (Phi) is 10.9. The van der Waals surface area contributed by atoms with Gasteiger partial charge in [0.15, 0.2) is 0 Å². The molecule has 3 heterocycles. The molecular weight excluding hydrogens is 791 g/mol. The molecule has 59 heavy (non-hydrogen) atoms. The Morgan fingerprint density at radius 3 is 2.46 bits per heavy atom. The zero-order valence-corrected chi connectivity index (χ0v) is 34.7. The molecule has 0 spiro atoms. The summed E-state index contributed by atoms with van der Waals surface area (Å²) in [6, 6.07) is 2.77. The average Bonchev–Trinajstić information content (AvgIpc) is 4.04. The minimum absolute atomic E-state index is 0.139. The number of carbonyl (C=O) groups is 4. The summed E-state index contributed by atoms with van der Waals surface area (Å²) in [6.07, 6.45) is 2.20. The van der Waals surface area contributed by atoms with Crippen LogP contribution in [0, 0.1) is 29.1 Å². The smallest absolute Gasteiger partial charge is 0.408 e. The zero-order chi connectivity index (χ0) is 42.0. The van der Waals surface area contributed by atoms with E-state index in [1.54, 1.807) is 32.9 Å². The Morgan fingerprint density at radius 2 is 1.76 bits per heavy atom. The van der Waals surface area contributed by atoms with Crippen LogP contribution in [0.2, 0.25) is 0 Å². The number of alkyl halides is 2. The summed E-state index contributed by atoms with van der Waals surface area (Å²) in [5, 5.41) is 4.48. The van der Waals surface area contributed by atoms with E-state index in [1.807, 2.05) is 10.8 Å². The number of aryl methyl sites for hydroxylation is 1. The highest BCUT2D eigenvalue weighted by Gasteiger charge is 2.67. The normalized spacial score (nSPS) is 32.6. The van der Waals surface area contributed by atoms with E-state index in [0.29, 0.717) is 47.7 Å². The molecule has 1 aromatic heterocycles. The molecule has 18 heteroatoms. The molecule has 3 N–H and O–H groups in total. The number of hydrogen-bond donors (Lipinski definition) is 3. The molecule has 322 valence electrons. The number of nitrogens with zero attached hydrogens (tertiary/aromatic N) is 3. The molecule has 4 aliphatic carbocycles. The third kappa shape index (κ3) is 8.26. The fourth-order valence-electron chi connectivity index (χ4n) is 9.89. The van der Waals surface area contributed by atoms with Crippen molar-refractivity contribution in [3.05, 3.63) is 23.9 Å². The lowest BCUT2D eigenvalue weighted by atomic mass is 9.82. The number of nitrogens with one attached hydrogen (secondary N) is 3. The van der Waals surface area contributed by atoms with Crippen LogP contribution in [-0.2, 0) is 35.6 Å². The highest BCUT2D eigenvalue weighted by Crippen LogP contribution is 2.52. The van der Waals surface area contributed by atoms with Crippen LogP contribution in [0.3, 0.4) is 0 Å². The third-order valence-electron chi connectivity index (χ3n) is 13.4. The summed E-state index contributed by atoms with van der Waals surface area (Å²) >= 11 is 0. The van der Waals surface area contributed by atoms with Crippen LogP contribution in [0.4, 0.5) is 13.6 Å². The topological polar surface area (TPSA) is 195 Å². The van der Waals surface area contributed by atoms with Crippen molar-refractivity contribution in [3.63, 3.8) is 0 Å². The number of alkyl carbamates (subject to hydrolysis) is 1. The van der Waals surface area contributed by atoms with E-state index in [-0.39, 0.29) is 36.8 Å². The molecule has 1 unspecified atom stereocenters. The first-order valence-electron chi connectivity index (χ1n) is 20.9. The van der Waals surface area contributed by atoms with Gasteiger partial charge in [-0.25, -0.2) is 32.0 Å². The number of benzene rings is 1. The molecule has 2 aromatic rings. The fraction of sp³-hybridized carbons (Fsp3) is 0.707. The second-order valence-corrected chi connectivity index (χ2v) is 20.5. The zero-order valence-electron chi connectivity index (χ0n) is 33.9. The van der Waals surface area contributed by atoms with Gasteiger partial charge in [0.2, 0.25) is 34.1 Å². The van der Waals surface area contributed by atoms with Gasteiger partial charge in [-0.1, -0.05) is 33.6 Å². The van der Waals surface area contributed by atoms with Gasteiger partial charge in [0.05, 0.1) is 35.9 Å². The number of halogens is 2. The fourth-order valence-corrected chi connectivity index (χ4v) is 11.3. The minimum atomic E-state index is -4.14.